The summed E-state index contributed by atoms with van der Waals surface area (Å²) >= 11 is 3.46. The molecule has 3 rings (SSSR count). The Hall–Kier alpha value is -2.08. The highest BCUT2D eigenvalue weighted by atomic mass is 79.9. The molecule has 20 heavy (non-hydrogen) atoms. The van der Waals surface area contributed by atoms with Gasteiger partial charge in [-0.05, 0) is 23.6 Å². The predicted molar refractivity (Wildman–Crippen MR) is 76.6 cm³/mol. The van der Waals surface area contributed by atoms with Crippen LogP contribution in [0.2, 0.25) is 0 Å². The number of nitrogens with zero attached hydrogens (tertiary/aromatic N) is 2. The molecule has 0 N–H and O–H groups in total. The second-order valence-electron chi connectivity index (χ2n) is 4.32. The lowest BCUT2D eigenvalue weighted by molar-refractivity contribution is 0.0589. The normalized spacial score (nSPS) is 10.9. The van der Waals surface area contributed by atoms with Crippen molar-refractivity contribution >= 4 is 32.8 Å². The minimum absolute atomic E-state index is 0.181. The average molecular weight is 335 g/mol. The Labute approximate surface area is 123 Å². The molecule has 0 saturated heterocycles. The molecule has 0 unspecified atom stereocenters. The van der Waals surface area contributed by atoms with Crippen molar-refractivity contribution in [2.45, 2.75) is 6.54 Å². The Bertz CT molecular complexity index is 776. The number of fused-ring (bicyclic) bond motifs is 1. The number of ether oxygens (including phenoxy) is 1. The van der Waals surface area contributed by atoms with E-state index in [0.29, 0.717) is 12.3 Å². The molecule has 0 radical (unpaired) electrons. The number of esters is 1. The molecule has 2 aromatic heterocycles. The average Bonchev–Trinajstić information content (AvgIpc) is 3.06. The number of hydrogen-bond donors (Lipinski definition) is 0. The third-order valence-corrected chi connectivity index (χ3v) is 3.51. The van der Waals surface area contributed by atoms with Gasteiger partial charge in [-0.3, -0.25) is 0 Å². The third-order valence-electron chi connectivity index (χ3n) is 3.02. The van der Waals surface area contributed by atoms with Crippen LogP contribution in [0.25, 0.3) is 10.9 Å². The lowest BCUT2D eigenvalue weighted by Crippen LogP contribution is -2.01. The van der Waals surface area contributed by atoms with Gasteiger partial charge in [0.25, 0.3) is 0 Å². The minimum Gasteiger partial charge on any atom is -0.464 e. The number of benzene rings is 1. The van der Waals surface area contributed by atoms with Crippen LogP contribution in [-0.4, -0.2) is 22.8 Å². The highest BCUT2D eigenvalue weighted by Crippen LogP contribution is 2.22. The number of methoxy groups -OCH3 is 1. The van der Waals surface area contributed by atoms with E-state index in [0.717, 1.165) is 15.4 Å². The molecule has 0 aliphatic heterocycles. The first-order valence-electron chi connectivity index (χ1n) is 5.95. The predicted octanol–water partition coefficient (Wildman–Crippen LogP) is 3.23. The highest BCUT2D eigenvalue weighted by Gasteiger charge is 2.13. The zero-order chi connectivity index (χ0) is 14.1. The first-order chi connectivity index (χ1) is 9.67. The monoisotopic (exact) mass is 334 g/mol. The molecule has 3 aromatic rings. The molecule has 0 saturated carbocycles. The van der Waals surface area contributed by atoms with Gasteiger partial charge in [-0.1, -0.05) is 27.2 Å². The van der Waals surface area contributed by atoms with Crippen molar-refractivity contribution in [1.29, 1.82) is 0 Å². The van der Waals surface area contributed by atoms with Gasteiger partial charge in [0.2, 0.25) is 0 Å². The smallest absolute Gasteiger partial charge is 0.360 e. The van der Waals surface area contributed by atoms with E-state index in [9.17, 15) is 4.79 Å². The van der Waals surface area contributed by atoms with E-state index in [4.69, 9.17) is 4.52 Å². The first kappa shape index (κ1) is 12.9. The van der Waals surface area contributed by atoms with Crippen LogP contribution in [0.4, 0.5) is 0 Å². The van der Waals surface area contributed by atoms with Crippen LogP contribution < -0.4 is 0 Å². The first-order valence-corrected chi connectivity index (χ1v) is 6.75. The van der Waals surface area contributed by atoms with Crippen molar-refractivity contribution in [2.75, 3.05) is 7.11 Å². The SMILES string of the molecule is COC(=O)c1cc(Cn2ccc3ccc(Br)cc32)on1. The van der Waals surface area contributed by atoms with Crippen molar-refractivity contribution in [1.82, 2.24) is 9.72 Å². The molecule has 102 valence electrons. The van der Waals surface area contributed by atoms with Gasteiger partial charge in [-0.2, -0.15) is 0 Å². The molecule has 5 nitrogen and oxygen atoms in total. The zero-order valence-electron chi connectivity index (χ0n) is 10.7. The van der Waals surface area contributed by atoms with E-state index in [2.05, 4.69) is 25.8 Å². The van der Waals surface area contributed by atoms with E-state index in [1.54, 1.807) is 6.07 Å². The molecule has 6 heteroatoms. The van der Waals surface area contributed by atoms with Gasteiger partial charge < -0.3 is 13.8 Å². The van der Waals surface area contributed by atoms with Crippen LogP contribution in [-0.2, 0) is 11.3 Å². The summed E-state index contributed by atoms with van der Waals surface area (Å²) in [6, 6.07) is 9.69. The Morgan fingerprint density at radius 1 is 1.40 bits per heavy atom. The Morgan fingerprint density at radius 2 is 2.25 bits per heavy atom. The number of carbonyl (C=O) groups is 1. The molecular formula is C14H11BrN2O3. The Morgan fingerprint density at radius 3 is 3.05 bits per heavy atom. The summed E-state index contributed by atoms with van der Waals surface area (Å²) < 4.78 is 12.8. The topological polar surface area (TPSA) is 57.3 Å². The summed E-state index contributed by atoms with van der Waals surface area (Å²) in [5.41, 5.74) is 1.26. The summed E-state index contributed by atoms with van der Waals surface area (Å²) in [6.45, 7) is 0.504. The lowest BCUT2D eigenvalue weighted by Gasteiger charge is -2.02. The molecule has 0 amide bonds. The summed E-state index contributed by atoms with van der Waals surface area (Å²) in [5.74, 6) is 0.1000. The van der Waals surface area contributed by atoms with Crippen molar-refractivity contribution in [3.05, 3.63) is 52.5 Å². The molecule has 1 aromatic carbocycles. The number of halogens is 1. The standard InChI is InChI=1S/C14H11BrN2O3/c1-19-14(18)12-7-11(20-16-12)8-17-5-4-9-2-3-10(15)6-13(9)17/h2-7H,8H2,1H3. The van der Waals surface area contributed by atoms with Crippen LogP contribution in [0.5, 0.6) is 0 Å². The Balaban J connectivity index is 1.91. The van der Waals surface area contributed by atoms with Crippen molar-refractivity contribution < 1.29 is 14.1 Å². The van der Waals surface area contributed by atoms with E-state index >= 15 is 0 Å². The minimum atomic E-state index is -0.500. The quantitative estimate of drug-likeness (QED) is 0.690. The van der Waals surface area contributed by atoms with Crippen LogP contribution in [0, 0.1) is 0 Å². The van der Waals surface area contributed by atoms with Crippen LogP contribution in [0.3, 0.4) is 0 Å². The summed E-state index contributed by atoms with van der Waals surface area (Å²) in [6.07, 6.45) is 1.97. The van der Waals surface area contributed by atoms with Crippen molar-refractivity contribution in [3.8, 4) is 0 Å². The van der Waals surface area contributed by atoms with E-state index < -0.39 is 5.97 Å². The molecule has 0 atom stereocenters. The van der Waals surface area contributed by atoms with Crippen LogP contribution in [0.15, 0.2) is 45.5 Å². The summed E-state index contributed by atoms with van der Waals surface area (Å²) in [7, 11) is 1.31. The lowest BCUT2D eigenvalue weighted by atomic mass is 10.2. The van der Waals surface area contributed by atoms with E-state index in [1.165, 1.54) is 7.11 Å². The van der Waals surface area contributed by atoms with Gasteiger partial charge >= 0.3 is 5.97 Å². The van der Waals surface area contributed by atoms with Gasteiger partial charge in [0.05, 0.1) is 13.7 Å². The van der Waals surface area contributed by atoms with Gasteiger partial charge in [-0.15, -0.1) is 0 Å². The molecule has 2 heterocycles. The van der Waals surface area contributed by atoms with Crippen LogP contribution in [0.1, 0.15) is 16.2 Å². The maximum absolute atomic E-state index is 11.3. The fourth-order valence-electron chi connectivity index (χ4n) is 2.05. The molecular weight excluding hydrogens is 324 g/mol. The van der Waals surface area contributed by atoms with Crippen molar-refractivity contribution in [2.24, 2.45) is 0 Å². The maximum atomic E-state index is 11.3. The van der Waals surface area contributed by atoms with Crippen LogP contribution >= 0.6 is 15.9 Å². The van der Waals surface area contributed by atoms with Crippen molar-refractivity contribution in [3.63, 3.8) is 0 Å². The van der Waals surface area contributed by atoms with Gasteiger partial charge in [0.15, 0.2) is 11.5 Å². The summed E-state index contributed by atoms with van der Waals surface area (Å²) in [5, 5.41) is 4.83. The highest BCUT2D eigenvalue weighted by molar-refractivity contribution is 9.10. The fourth-order valence-corrected chi connectivity index (χ4v) is 2.40. The molecule has 0 spiro atoms. The van der Waals surface area contributed by atoms with Gasteiger partial charge in [0.1, 0.15) is 0 Å². The molecule has 0 aliphatic carbocycles. The van der Waals surface area contributed by atoms with E-state index in [-0.39, 0.29) is 5.69 Å². The zero-order valence-corrected chi connectivity index (χ0v) is 12.3. The Kier molecular flexibility index (Phi) is 3.31. The third kappa shape index (κ3) is 2.34. The molecule has 0 aliphatic rings. The summed E-state index contributed by atoms with van der Waals surface area (Å²) in [4.78, 5) is 11.3. The van der Waals surface area contributed by atoms with Gasteiger partial charge in [0, 0.05) is 22.3 Å². The second kappa shape index (κ2) is 5.13. The largest absolute Gasteiger partial charge is 0.464 e. The maximum Gasteiger partial charge on any atom is 0.360 e. The fraction of sp³-hybridized carbons (Fsp3) is 0.143. The number of carbonyl (C=O) groups excluding carboxylic acids is 1. The number of aromatic nitrogens is 2. The van der Waals surface area contributed by atoms with E-state index in [1.807, 2.05) is 35.0 Å². The molecule has 0 fully saturated rings. The number of rotatable bonds is 3. The van der Waals surface area contributed by atoms with Gasteiger partial charge in [-0.25, -0.2) is 4.79 Å². The number of hydrogen-bond acceptors (Lipinski definition) is 4. The molecule has 0 bridgehead atoms. The second-order valence-corrected chi connectivity index (χ2v) is 5.23.